The van der Waals surface area contributed by atoms with Crippen molar-refractivity contribution in [1.82, 2.24) is 0 Å². The van der Waals surface area contributed by atoms with Crippen molar-refractivity contribution in [2.45, 2.75) is 12.6 Å². The van der Waals surface area contributed by atoms with Gasteiger partial charge < -0.3 is 23.7 Å². The van der Waals surface area contributed by atoms with E-state index in [9.17, 15) is 23.1 Å². The number of alkyl halides is 3. The van der Waals surface area contributed by atoms with Gasteiger partial charge >= 0.3 is 12.1 Å². The number of aromatic carboxylic acids is 1. The average molecular weight is 436 g/mol. The van der Waals surface area contributed by atoms with Crippen molar-refractivity contribution < 1.29 is 41.7 Å². The molecule has 6 nitrogen and oxygen atoms in total. The number of rotatable bonds is 7. The Labute approximate surface area is 175 Å². The van der Waals surface area contributed by atoms with Crippen LogP contribution < -0.4 is 14.2 Å². The normalized spacial score (nSPS) is 11.3. The van der Waals surface area contributed by atoms with Gasteiger partial charge in [0.2, 0.25) is 11.5 Å². The van der Waals surface area contributed by atoms with E-state index in [1.165, 1.54) is 39.5 Å². The molecule has 0 aliphatic rings. The molecule has 31 heavy (non-hydrogen) atoms. The van der Waals surface area contributed by atoms with Gasteiger partial charge in [0.1, 0.15) is 5.76 Å². The third-order valence-corrected chi connectivity index (χ3v) is 4.60. The Morgan fingerprint density at radius 2 is 1.65 bits per heavy atom. The van der Waals surface area contributed by atoms with Gasteiger partial charge in [0.05, 0.1) is 26.9 Å². The molecule has 2 aromatic carbocycles. The first-order valence-electron chi connectivity index (χ1n) is 9.00. The van der Waals surface area contributed by atoms with Gasteiger partial charge in [-0.05, 0) is 35.9 Å². The van der Waals surface area contributed by atoms with Gasteiger partial charge in [-0.2, -0.15) is 13.2 Å². The Morgan fingerprint density at radius 1 is 1.00 bits per heavy atom. The Morgan fingerprint density at radius 3 is 2.16 bits per heavy atom. The van der Waals surface area contributed by atoms with E-state index >= 15 is 0 Å². The van der Waals surface area contributed by atoms with Crippen LogP contribution in [0.3, 0.4) is 0 Å². The molecule has 0 spiro atoms. The maximum atomic E-state index is 13.0. The molecule has 0 bridgehead atoms. The molecule has 9 heteroatoms. The van der Waals surface area contributed by atoms with Crippen molar-refractivity contribution in [3.05, 3.63) is 64.9 Å². The van der Waals surface area contributed by atoms with Crippen LogP contribution in [0, 0.1) is 0 Å². The predicted molar refractivity (Wildman–Crippen MR) is 105 cm³/mol. The summed E-state index contributed by atoms with van der Waals surface area (Å²) in [6.07, 6.45) is -4.42. The summed E-state index contributed by atoms with van der Waals surface area (Å²) in [6, 6.07) is 9.23. The molecule has 1 heterocycles. The van der Waals surface area contributed by atoms with Gasteiger partial charge in [-0.3, -0.25) is 0 Å². The zero-order valence-corrected chi connectivity index (χ0v) is 16.9. The van der Waals surface area contributed by atoms with Crippen LogP contribution >= 0.6 is 0 Å². The second kappa shape index (κ2) is 8.63. The molecular weight excluding hydrogens is 417 g/mol. The molecule has 0 unspecified atom stereocenters. The average Bonchev–Trinajstić information content (AvgIpc) is 3.16. The molecule has 1 aromatic heterocycles. The molecule has 164 valence electrons. The van der Waals surface area contributed by atoms with Gasteiger partial charge in [0.25, 0.3) is 0 Å². The number of benzene rings is 2. The summed E-state index contributed by atoms with van der Waals surface area (Å²) in [5.41, 5.74) is 0.181. The number of carboxylic acid groups (broad SMARTS) is 1. The van der Waals surface area contributed by atoms with Crippen molar-refractivity contribution >= 4 is 5.97 Å². The lowest BCUT2D eigenvalue weighted by molar-refractivity contribution is -0.137. The Hall–Kier alpha value is -3.62. The Balaban J connectivity index is 2.04. The molecular formula is C22H19F3O6. The summed E-state index contributed by atoms with van der Waals surface area (Å²) in [5.74, 6) is -0.525. The summed E-state index contributed by atoms with van der Waals surface area (Å²) in [5, 5.41) is 9.53. The van der Waals surface area contributed by atoms with Crippen LogP contribution in [-0.4, -0.2) is 32.4 Å². The quantitative estimate of drug-likeness (QED) is 0.543. The van der Waals surface area contributed by atoms with Crippen LogP contribution in [0.2, 0.25) is 0 Å². The molecule has 3 rings (SSSR count). The van der Waals surface area contributed by atoms with E-state index in [1.807, 2.05) is 0 Å². The number of methoxy groups -OCH3 is 3. The SMILES string of the molecule is COc1cc(Cc2cc(-c3cccc(C(F)(F)F)c3)oc2C(=O)O)cc(OC)c1OC. The zero-order chi connectivity index (χ0) is 22.8. The summed E-state index contributed by atoms with van der Waals surface area (Å²) in [7, 11) is 4.36. The summed E-state index contributed by atoms with van der Waals surface area (Å²) >= 11 is 0. The second-order valence-electron chi connectivity index (χ2n) is 6.56. The maximum absolute atomic E-state index is 13.0. The number of hydrogen-bond donors (Lipinski definition) is 1. The predicted octanol–water partition coefficient (Wildman–Crippen LogP) is 5.28. The molecule has 0 aliphatic carbocycles. The minimum Gasteiger partial charge on any atom is -0.493 e. The molecule has 0 amide bonds. The highest BCUT2D eigenvalue weighted by Crippen LogP contribution is 2.39. The number of hydrogen-bond acceptors (Lipinski definition) is 5. The van der Waals surface area contributed by atoms with E-state index in [1.54, 1.807) is 12.1 Å². The first-order valence-corrected chi connectivity index (χ1v) is 9.00. The fourth-order valence-electron chi connectivity index (χ4n) is 3.19. The maximum Gasteiger partial charge on any atom is 0.416 e. The molecule has 0 aliphatic heterocycles. The van der Waals surface area contributed by atoms with Crippen molar-refractivity contribution in [3.63, 3.8) is 0 Å². The third-order valence-electron chi connectivity index (χ3n) is 4.60. The van der Waals surface area contributed by atoms with E-state index in [-0.39, 0.29) is 29.1 Å². The number of halogens is 3. The molecule has 0 saturated heterocycles. The lowest BCUT2D eigenvalue weighted by atomic mass is 10.0. The number of ether oxygens (including phenoxy) is 3. The van der Waals surface area contributed by atoms with Gasteiger partial charge in [0.15, 0.2) is 11.5 Å². The molecule has 0 fully saturated rings. The first-order chi connectivity index (χ1) is 14.7. The highest BCUT2D eigenvalue weighted by molar-refractivity contribution is 5.87. The van der Waals surface area contributed by atoms with E-state index in [0.717, 1.165) is 12.1 Å². The highest BCUT2D eigenvalue weighted by Gasteiger charge is 2.31. The topological polar surface area (TPSA) is 78.1 Å². The van der Waals surface area contributed by atoms with Gasteiger partial charge in [0, 0.05) is 17.5 Å². The second-order valence-corrected chi connectivity index (χ2v) is 6.56. The van der Waals surface area contributed by atoms with E-state index in [0.29, 0.717) is 22.8 Å². The van der Waals surface area contributed by atoms with E-state index < -0.39 is 17.7 Å². The lowest BCUT2D eigenvalue weighted by Crippen LogP contribution is -2.04. The highest BCUT2D eigenvalue weighted by atomic mass is 19.4. The van der Waals surface area contributed by atoms with Crippen LogP contribution in [0.15, 0.2) is 46.9 Å². The van der Waals surface area contributed by atoms with Crippen molar-refractivity contribution in [2.75, 3.05) is 21.3 Å². The Bertz CT molecular complexity index is 1080. The van der Waals surface area contributed by atoms with Crippen molar-refractivity contribution in [3.8, 4) is 28.6 Å². The molecule has 3 aromatic rings. The molecule has 0 saturated carbocycles. The molecule has 0 atom stereocenters. The van der Waals surface area contributed by atoms with Crippen LogP contribution in [0.25, 0.3) is 11.3 Å². The number of furan rings is 1. The van der Waals surface area contributed by atoms with Gasteiger partial charge in [-0.15, -0.1) is 0 Å². The Kier molecular flexibility index (Phi) is 6.14. The summed E-state index contributed by atoms with van der Waals surface area (Å²) in [4.78, 5) is 11.7. The molecule has 1 N–H and O–H groups in total. The van der Waals surface area contributed by atoms with Crippen LogP contribution in [0.5, 0.6) is 17.2 Å². The number of carbonyl (C=O) groups is 1. The number of carboxylic acids is 1. The smallest absolute Gasteiger partial charge is 0.416 e. The van der Waals surface area contributed by atoms with Crippen LogP contribution in [-0.2, 0) is 12.6 Å². The van der Waals surface area contributed by atoms with E-state index in [2.05, 4.69) is 0 Å². The molecule has 0 radical (unpaired) electrons. The van der Waals surface area contributed by atoms with Crippen LogP contribution in [0.1, 0.15) is 27.2 Å². The van der Waals surface area contributed by atoms with E-state index in [4.69, 9.17) is 18.6 Å². The van der Waals surface area contributed by atoms with Crippen molar-refractivity contribution in [1.29, 1.82) is 0 Å². The summed E-state index contributed by atoms with van der Waals surface area (Å²) < 4.78 is 60.4. The monoisotopic (exact) mass is 436 g/mol. The van der Waals surface area contributed by atoms with Crippen LogP contribution in [0.4, 0.5) is 13.2 Å². The fourth-order valence-corrected chi connectivity index (χ4v) is 3.19. The minimum absolute atomic E-state index is 0.0194. The largest absolute Gasteiger partial charge is 0.493 e. The first kappa shape index (κ1) is 22.1. The fraction of sp³-hybridized carbons (Fsp3) is 0.227. The minimum atomic E-state index is -4.53. The van der Waals surface area contributed by atoms with Gasteiger partial charge in [-0.25, -0.2) is 4.79 Å². The van der Waals surface area contributed by atoms with Crippen molar-refractivity contribution in [2.24, 2.45) is 0 Å². The zero-order valence-electron chi connectivity index (χ0n) is 16.9. The lowest BCUT2D eigenvalue weighted by Gasteiger charge is -2.14. The van der Waals surface area contributed by atoms with Gasteiger partial charge in [-0.1, -0.05) is 12.1 Å². The summed E-state index contributed by atoms with van der Waals surface area (Å²) in [6.45, 7) is 0. The standard InChI is InChI=1S/C22H19F3O6/c1-28-17-8-12(9-18(29-2)20(17)30-3)7-14-11-16(31-19(14)21(26)27)13-5-4-6-15(10-13)22(23,24)25/h4-6,8-11H,7H2,1-3H3,(H,26,27). The third kappa shape index (κ3) is 4.60.